The number of benzene rings is 1. The molecular weight excluding hydrogens is 404 g/mol. The van der Waals surface area contributed by atoms with Crippen LogP contribution >= 0.6 is 0 Å². The van der Waals surface area contributed by atoms with Crippen molar-refractivity contribution in [3.63, 3.8) is 0 Å². The lowest BCUT2D eigenvalue weighted by molar-refractivity contribution is -0.117. The van der Waals surface area contributed by atoms with Gasteiger partial charge in [-0.3, -0.25) is 14.6 Å². The van der Waals surface area contributed by atoms with E-state index in [4.69, 9.17) is 9.52 Å². The lowest BCUT2D eigenvalue weighted by atomic mass is 9.73. The average Bonchev–Trinajstić information content (AvgIpc) is 3.16. The number of aryl methyl sites for hydroxylation is 2. The predicted octanol–water partition coefficient (Wildman–Crippen LogP) is 5.01. The minimum absolute atomic E-state index is 0.0315. The molecule has 0 spiro atoms. The van der Waals surface area contributed by atoms with Crippen molar-refractivity contribution in [2.45, 2.75) is 65.2 Å². The molecule has 6 heteroatoms. The maximum atomic E-state index is 13.0. The number of hydrogen-bond acceptors (Lipinski definition) is 6. The number of ketones is 2. The third-order valence-corrected chi connectivity index (χ3v) is 6.21. The predicted molar refractivity (Wildman–Crippen MR) is 122 cm³/mol. The SMILES string of the molecule is CC1(C)CC(=O)/C(=C(/O)CCc2noc3c2C(=O)CCC3)C(=NCCc2ccccc2)C1. The summed E-state index contributed by atoms with van der Waals surface area (Å²) < 4.78 is 5.34. The van der Waals surface area contributed by atoms with Crippen molar-refractivity contribution < 1.29 is 19.2 Å². The summed E-state index contributed by atoms with van der Waals surface area (Å²) in [7, 11) is 0. The largest absolute Gasteiger partial charge is 0.511 e. The van der Waals surface area contributed by atoms with Crippen molar-refractivity contribution in [3.05, 3.63) is 64.2 Å². The number of aromatic nitrogens is 1. The molecule has 6 nitrogen and oxygen atoms in total. The Labute approximate surface area is 188 Å². The molecule has 32 heavy (non-hydrogen) atoms. The van der Waals surface area contributed by atoms with Gasteiger partial charge < -0.3 is 9.63 Å². The van der Waals surface area contributed by atoms with Gasteiger partial charge in [0.05, 0.1) is 16.8 Å². The quantitative estimate of drug-likeness (QED) is 0.509. The van der Waals surface area contributed by atoms with Gasteiger partial charge in [0.15, 0.2) is 11.6 Å². The maximum Gasteiger partial charge on any atom is 0.168 e. The van der Waals surface area contributed by atoms with Crippen molar-refractivity contribution in [3.8, 4) is 0 Å². The zero-order valence-corrected chi connectivity index (χ0v) is 18.8. The number of hydrogen-bond donors (Lipinski definition) is 1. The first-order valence-corrected chi connectivity index (χ1v) is 11.4. The normalized spacial score (nSPS) is 21.0. The van der Waals surface area contributed by atoms with Crippen molar-refractivity contribution >= 4 is 17.3 Å². The number of allylic oxidation sites excluding steroid dienone is 2. The van der Waals surface area contributed by atoms with E-state index >= 15 is 0 Å². The van der Waals surface area contributed by atoms with Gasteiger partial charge in [-0.25, -0.2) is 0 Å². The molecule has 0 aliphatic heterocycles. The highest BCUT2D eigenvalue weighted by Crippen LogP contribution is 2.36. The van der Waals surface area contributed by atoms with E-state index in [0.717, 1.165) is 12.8 Å². The molecule has 4 rings (SSSR count). The Morgan fingerprint density at radius 1 is 1.09 bits per heavy atom. The number of aliphatic hydroxyl groups is 1. The second-order valence-corrected chi connectivity index (χ2v) is 9.53. The molecule has 1 N–H and O–H groups in total. The number of carbonyl (C=O) groups excluding carboxylic acids is 2. The highest BCUT2D eigenvalue weighted by molar-refractivity contribution is 6.24. The van der Waals surface area contributed by atoms with Gasteiger partial charge in [-0.05, 0) is 30.2 Å². The number of aliphatic hydroxyl groups excluding tert-OH is 1. The Kier molecular flexibility index (Phi) is 6.40. The average molecular weight is 435 g/mol. The van der Waals surface area contributed by atoms with Gasteiger partial charge in [0, 0.05) is 44.4 Å². The molecule has 0 amide bonds. The fraction of sp³-hybridized carbons (Fsp3) is 0.462. The number of fused-ring (bicyclic) bond motifs is 1. The maximum absolute atomic E-state index is 13.0. The van der Waals surface area contributed by atoms with Crippen molar-refractivity contribution in [2.75, 3.05) is 6.54 Å². The fourth-order valence-corrected chi connectivity index (χ4v) is 4.63. The van der Waals surface area contributed by atoms with Crippen LogP contribution in [0, 0.1) is 5.41 Å². The summed E-state index contributed by atoms with van der Waals surface area (Å²) in [6.07, 6.45) is 4.38. The van der Waals surface area contributed by atoms with Gasteiger partial charge in [0.2, 0.25) is 0 Å². The van der Waals surface area contributed by atoms with Gasteiger partial charge >= 0.3 is 0 Å². The molecule has 1 heterocycles. The minimum Gasteiger partial charge on any atom is -0.511 e. The third kappa shape index (κ3) is 4.90. The molecule has 2 aliphatic rings. The summed E-state index contributed by atoms with van der Waals surface area (Å²) in [6, 6.07) is 10.1. The van der Waals surface area contributed by atoms with Crippen LogP contribution in [-0.2, 0) is 24.1 Å². The molecule has 2 aromatic rings. The Morgan fingerprint density at radius 2 is 1.88 bits per heavy atom. The zero-order valence-electron chi connectivity index (χ0n) is 18.8. The van der Waals surface area contributed by atoms with Crippen LogP contribution in [0.5, 0.6) is 0 Å². The van der Waals surface area contributed by atoms with Crippen molar-refractivity contribution in [1.82, 2.24) is 5.16 Å². The molecule has 0 atom stereocenters. The Morgan fingerprint density at radius 3 is 2.66 bits per heavy atom. The van der Waals surface area contributed by atoms with E-state index in [1.54, 1.807) is 0 Å². The molecule has 1 saturated carbocycles. The van der Waals surface area contributed by atoms with E-state index in [2.05, 4.69) is 31.1 Å². The van der Waals surface area contributed by atoms with E-state index in [9.17, 15) is 14.7 Å². The van der Waals surface area contributed by atoms with Gasteiger partial charge in [-0.15, -0.1) is 0 Å². The Balaban J connectivity index is 1.53. The minimum atomic E-state index is -0.190. The molecule has 0 saturated heterocycles. The highest BCUT2D eigenvalue weighted by atomic mass is 16.5. The van der Waals surface area contributed by atoms with Crippen LogP contribution in [0.25, 0.3) is 0 Å². The van der Waals surface area contributed by atoms with Crippen molar-refractivity contribution in [2.24, 2.45) is 10.4 Å². The number of carbonyl (C=O) groups is 2. The second kappa shape index (κ2) is 9.23. The van der Waals surface area contributed by atoms with Gasteiger partial charge in [-0.2, -0.15) is 0 Å². The lowest BCUT2D eigenvalue weighted by Crippen LogP contribution is -2.33. The molecule has 2 aliphatic carbocycles. The standard InChI is InChI=1S/C26H30N2O4/c1-26(2)15-19(27-14-13-17-7-4-3-5-8-17)24(22(31)16-26)21(30)12-11-18-25-20(29)9-6-10-23(25)32-28-18/h3-5,7-8,30H,6,9-16H2,1-2H3/b24-21+,27-19?. The number of nitrogens with zero attached hydrogens (tertiary/aromatic N) is 2. The number of aliphatic imine (C=N–C) groups is 1. The van der Waals surface area contributed by atoms with E-state index in [1.807, 2.05) is 18.2 Å². The molecule has 1 aromatic heterocycles. The summed E-state index contributed by atoms with van der Waals surface area (Å²) in [5, 5.41) is 15.0. The van der Waals surface area contributed by atoms with Crippen LogP contribution in [0.1, 0.15) is 73.3 Å². The molecule has 0 radical (unpaired) electrons. The number of rotatable bonds is 6. The van der Waals surface area contributed by atoms with E-state index in [1.165, 1.54) is 5.56 Å². The molecule has 0 unspecified atom stereocenters. The first-order valence-electron chi connectivity index (χ1n) is 11.4. The van der Waals surface area contributed by atoms with E-state index in [0.29, 0.717) is 67.0 Å². The first-order chi connectivity index (χ1) is 15.3. The molecule has 1 aromatic carbocycles. The smallest absolute Gasteiger partial charge is 0.168 e. The fourth-order valence-electron chi connectivity index (χ4n) is 4.63. The summed E-state index contributed by atoms with van der Waals surface area (Å²) in [6.45, 7) is 4.67. The second-order valence-electron chi connectivity index (χ2n) is 9.53. The van der Waals surface area contributed by atoms with Crippen LogP contribution in [0.3, 0.4) is 0 Å². The highest BCUT2D eigenvalue weighted by Gasteiger charge is 2.36. The van der Waals surface area contributed by atoms with Gasteiger partial charge in [-0.1, -0.05) is 49.3 Å². The summed E-state index contributed by atoms with van der Waals surface area (Å²) >= 11 is 0. The summed E-state index contributed by atoms with van der Waals surface area (Å²) in [5.41, 5.74) is 3.17. The summed E-state index contributed by atoms with van der Waals surface area (Å²) in [5.74, 6) is 0.648. The van der Waals surface area contributed by atoms with Crippen LogP contribution in [0.2, 0.25) is 0 Å². The monoisotopic (exact) mass is 434 g/mol. The van der Waals surface area contributed by atoms with Crippen LogP contribution in [-0.4, -0.2) is 34.1 Å². The van der Waals surface area contributed by atoms with Crippen LogP contribution < -0.4 is 0 Å². The first kappa shape index (κ1) is 22.2. The number of Topliss-reactive ketones (excluding diaryl/α,β-unsaturated/α-hetero) is 2. The lowest BCUT2D eigenvalue weighted by Gasteiger charge is -2.31. The van der Waals surface area contributed by atoms with Crippen molar-refractivity contribution in [1.29, 1.82) is 0 Å². The third-order valence-electron chi connectivity index (χ3n) is 6.21. The Bertz CT molecular complexity index is 1080. The molecular formula is C26H30N2O4. The van der Waals surface area contributed by atoms with Gasteiger partial charge in [0.1, 0.15) is 11.5 Å². The van der Waals surface area contributed by atoms with Crippen LogP contribution in [0.15, 0.2) is 51.2 Å². The topological polar surface area (TPSA) is 92.8 Å². The van der Waals surface area contributed by atoms with Crippen LogP contribution in [0.4, 0.5) is 0 Å². The van der Waals surface area contributed by atoms with E-state index in [-0.39, 0.29) is 29.2 Å². The molecule has 1 fully saturated rings. The Hall–Kier alpha value is -3.02. The van der Waals surface area contributed by atoms with E-state index < -0.39 is 0 Å². The summed E-state index contributed by atoms with van der Waals surface area (Å²) in [4.78, 5) is 30.0. The zero-order chi connectivity index (χ0) is 22.7. The molecule has 168 valence electrons. The van der Waals surface area contributed by atoms with Gasteiger partial charge in [0.25, 0.3) is 0 Å². The molecule has 0 bridgehead atoms.